The quantitative estimate of drug-likeness (QED) is 0.803. The van der Waals surface area contributed by atoms with Gasteiger partial charge in [-0.25, -0.2) is 8.78 Å². The first-order chi connectivity index (χ1) is 7.97. The molecule has 0 aliphatic carbocycles. The lowest BCUT2D eigenvalue weighted by atomic mass is 10.1. The van der Waals surface area contributed by atoms with Crippen LogP contribution < -0.4 is 0 Å². The van der Waals surface area contributed by atoms with Crippen LogP contribution in [0, 0.1) is 11.6 Å². The molecule has 0 fully saturated rings. The van der Waals surface area contributed by atoms with E-state index in [4.69, 9.17) is 23.2 Å². The van der Waals surface area contributed by atoms with Crippen molar-refractivity contribution < 1.29 is 13.9 Å². The first-order valence-corrected chi connectivity index (χ1v) is 5.37. The minimum atomic E-state index is -0.708. The predicted octanol–water partition coefficient (Wildman–Crippen LogP) is 4.64. The van der Waals surface area contributed by atoms with Crippen LogP contribution in [0.4, 0.5) is 8.78 Å². The standard InChI is InChI=1S/C12H6Cl2F2O/c13-10-5-12(17)11(14)4-9(10)6-1-7(15)3-8(16)2-6/h1-5,17H. The van der Waals surface area contributed by atoms with E-state index in [-0.39, 0.29) is 21.4 Å². The molecule has 0 bridgehead atoms. The Hall–Kier alpha value is -1.32. The molecule has 0 atom stereocenters. The van der Waals surface area contributed by atoms with Crippen LogP contribution >= 0.6 is 23.2 Å². The van der Waals surface area contributed by atoms with Crippen LogP contribution in [0.25, 0.3) is 11.1 Å². The molecule has 5 heteroatoms. The summed E-state index contributed by atoms with van der Waals surface area (Å²) in [4.78, 5) is 0. The van der Waals surface area contributed by atoms with E-state index in [0.29, 0.717) is 5.56 Å². The number of benzene rings is 2. The summed E-state index contributed by atoms with van der Waals surface area (Å²) in [6.07, 6.45) is 0. The molecule has 0 radical (unpaired) electrons. The minimum absolute atomic E-state index is 0.0640. The lowest BCUT2D eigenvalue weighted by Gasteiger charge is -2.07. The van der Waals surface area contributed by atoms with Gasteiger partial charge in [-0.1, -0.05) is 23.2 Å². The van der Waals surface area contributed by atoms with Gasteiger partial charge in [0.15, 0.2) is 0 Å². The zero-order chi connectivity index (χ0) is 12.6. The third-order valence-electron chi connectivity index (χ3n) is 2.21. The van der Waals surface area contributed by atoms with Crippen molar-refractivity contribution in [1.29, 1.82) is 0 Å². The Morgan fingerprint density at radius 1 is 0.824 bits per heavy atom. The molecule has 1 N–H and O–H groups in total. The number of hydrogen-bond acceptors (Lipinski definition) is 1. The Kier molecular flexibility index (Phi) is 3.22. The summed E-state index contributed by atoms with van der Waals surface area (Å²) in [5, 5.41) is 9.54. The Morgan fingerprint density at radius 2 is 1.41 bits per heavy atom. The van der Waals surface area contributed by atoms with Gasteiger partial charge in [0.05, 0.1) is 10.0 Å². The van der Waals surface area contributed by atoms with Gasteiger partial charge in [0.1, 0.15) is 17.4 Å². The van der Waals surface area contributed by atoms with Gasteiger partial charge in [-0.3, -0.25) is 0 Å². The Balaban J connectivity index is 2.64. The molecule has 0 aromatic heterocycles. The summed E-state index contributed by atoms with van der Waals surface area (Å²) in [5.41, 5.74) is 0.613. The molecule has 2 aromatic carbocycles. The van der Waals surface area contributed by atoms with Crippen molar-refractivity contribution in [2.24, 2.45) is 0 Å². The molecular weight excluding hydrogens is 269 g/mol. The molecule has 17 heavy (non-hydrogen) atoms. The molecule has 0 saturated carbocycles. The molecule has 0 spiro atoms. The Morgan fingerprint density at radius 3 is 2.00 bits per heavy atom. The Labute approximate surface area is 106 Å². The van der Waals surface area contributed by atoms with E-state index < -0.39 is 11.6 Å². The van der Waals surface area contributed by atoms with E-state index in [1.165, 1.54) is 12.1 Å². The molecular formula is C12H6Cl2F2O. The molecule has 2 rings (SSSR count). The average molecular weight is 275 g/mol. The van der Waals surface area contributed by atoms with Crippen LogP contribution in [-0.2, 0) is 0 Å². The maximum Gasteiger partial charge on any atom is 0.135 e. The highest BCUT2D eigenvalue weighted by molar-refractivity contribution is 6.36. The van der Waals surface area contributed by atoms with E-state index >= 15 is 0 Å². The normalized spacial score (nSPS) is 10.6. The highest BCUT2D eigenvalue weighted by atomic mass is 35.5. The molecule has 0 aliphatic rings. The largest absolute Gasteiger partial charge is 0.506 e. The van der Waals surface area contributed by atoms with Crippen LogP contribution in [-0.4, -0.2) is 5.11 Å². The molecule has 88 valence electrons. The van der Waals surface area contributed by atoms with Gasteiger partial charge in [-0.15, -0.1) is 0 Å². The van der Waals surface area contributed by atoms with Crippen LogP contribution in [0.5, 0.6) is 5.75 Å². The van der Waals surface area contributed by atoms with Crippen molar-refractivity contribution in [1.82, 2.24) is 0 Å². The summed E-state index contributed by atoms with van der Waals surface area (Å²) in [6, 6.07) is 5.62. The fourth-order valence-corrected chi connectivity index (χ4v) is 1.90. The van der Waals surface area contributed by atoms with Gasteiger partial charge < -0.3 is 5.11 Å². The molecule has 0 heterocycles. The van der Waals surface area contributed by atoms with E-state index in [9.17, 15) is 13.9 Å². The minimum Gasteiger partial charge on any atom is -0.506 e. The monoisotopic (exact) mass is 274 g/mol. The van der Waals surface area contributed by atoms with E-state index in [1.54, 1.807) is 0 Å². The summed E-state index contributed by atoms with van der Waals surface area (Å²) in [7, 11) is 0. The van der Waals surface area contributed by atoms with Crippen molar-refractivity contribution in [2.45, 2.75) is 0 Å². The van der Waals surface area contributed by atoms with Gasteiger partial charge in [-0.2, -0.15) is 0 Å². The van der Waals surface area contributed by atoms with Crippen molar-refractivity contribution >= 4 is 23.2 Å². The summed E-state index contributed by atoms with van der Waals surface area (Å²) in [5.74, 6) is -1.60. The topological polar surface area (TPSA) is 20.2 Å². The fraction of sp³-hybridized carbons (Fsp3) is 0. The number of phenolic OH excluding ortho intramolecular Hbond substituents is 1. The van der Waals surface area contributed by atoms with E-state index in [1.807, 2.05) is 0 Å². The zero-order valence-electron chi connectivity index (χ0n) is 8.35. The predicted molar refractivity (Wildman–Crippen MR) is 63.5 cm³/mol. The lowest BCUT2D eigenvalue weighted by molar-refractivity contribution is 0.475. The molecule has 0 amide bonds. The first kappa shape index (κ1) is 12.1. The van der Waals surface area contributed by atoms with Gasteiger partial charge in [0.2, 0.25) is 0 Å². The lowest BCUT2D eigenvalue weighted by Crippen LogP contribution is -1.85. The SMILES string of the molecule is Oc1cc(Cl)c(-c2cc(F)cc(F)c2)cc1Cl. The molecule has 2 aromatic rings. The average Bonchev–Trinajstić information content (AvgIpc) is 2.22. The molecule has 0 aliphatic heterocycles. The van der Waals surface area contributed by atoms with Crippen molar-refractivity contribution in [3.05, 3.63) is 52.0 Å². The second kappa shape index (κ2) is 4.51. The fourth-order valence-electron chi connectivity index (χ4n) is 1.47. The summed E-state index contributed by atoms with van der Waals surface area (Å²) < 4.78 is 26.1. The van der Waals surface area contributed by atoms with Gasteiger partial charge in [-0.05, 0) is 23.8 Å². The highest BCUT2D eigenvalue weighted by Gasteiger charge is 2.10. The number of phenols is 1. The third kappa shape index (κ3) is 2.51. The Bertz CT molecular complexity index is 565. The number of halogens is 4. The summed E-state index contributed by atoms with van der Waals surface area (Å²) >= 11 is 11.6. The van der Waals surface area contributed by atoms with Gasteiger partial charge in [0.25, 0.3) is 0 Å². The number of hydrogen-bond donors (Lipinski definition) is 1. The summed E-state index contributed by atoms with van der Waals surface area (Å²) in [6.45, 7) is 0. The molecule has 1 nitrogen and oxygen atoms in total. The third-order valence-corrected chi connectivity index (χ3v) is 2.83. The smallest absolute Gasteiger partial charge is 0.135 e. The molecule has 0 unspecified atom stereocenters. The first-order valence-electron chi connectivity index (χ1n) is 4.62. The van der Waals surface area contributed by atoms with Crippen LogP contribution in [0.3, 0.4) is 0 Å². The number of rotatable bonds is 1. The van der Waals surface area contributed by atoms with Crippen LogP contribution in [0.1, 0.15) is 0 Å². The van der Waals surface area contributed by atoms with Gasteiger partial charge in [0, 0.05) is 17.7 Å². The van der Waals surface area contributed by atoms with Crippen molar-refractivity contribution in [2.75, 3.05) is 0 Å². The van der Waals surface area contributed by atoms with Crippen molar-refractivity contribution in [3.8, 4) is 16.9 Å². The second-order valence-corrected chi connectivity index (χ2v) is 4.26. The maximum atomic E-state index is 13.1. The van der Waals surface area contributed by atoms with Crippen LogP contribution in [0.2, 0.25) is 10.0 Å². The second-order valence-electron chi connectivity index (χ2n) is 3.44. The van der Waals surface area contributed by atoms with E-state index in [0.717, 1.165) is 18.2 Å². The maximum absolute atomic E-state index is 13.1. The van der Waals surface area contributed by atoms with Gasteiger partial charge >= 0.3 is 0 Å². The zero-order valence-corrected chi connectivity index (χ0v) is 9.86. The van der Waals surface area contributed by atoms with E-state index in [2.05, 4.69) is 0 Å². The van der Waals surface area contributed by atoms with Crippen LogP contribution in [0.15, 0.2) is 30.3 Å². The van der Waals surface area contributed by atoms with Crippen molar-refractivity contribution in [3.63, 3.8) is 0 Å². The highest BCUT2D eigenvalue weighted by Crippen LogP contribution is 2.36. The number of aromatic hydroxyl groups is 1. The molecule has 0 saturated heterocycles.